The van der Waals surface area contributed by atoms with Crippen molar-refractivity contribution in [3.05, 3.63) is 77.3 Å². The summed E-state index contributed by atoms with van der Waals surface area (Å²) in [4.78, 5) is 25.8. The minimum absolute atomic E-state index is 0.0567. The van der Waals surface area contributed by atoms with Crippen LogP contribution in [0, 0.1) is 0 Å². The number of benzene rings is 1. The number of aromatic nitrogens is 1. The number of allylic oxidation sites excluding steroid dienone is 2. The molecule has 2 aromatic rings. The van der Waals surface area contributed by atoms with Crippen molar-refractivity contribution in [3.63, 3.8) is 0 Å². The highest BCUT2D eigenvalue weighted by Gasteiger charge is 2.32. The number of hydrogen-bond donors (Lipinski definition) is 2. The summed E-state index contributed by atoms with van der Waals surface area (Å²) >= 11 is 0. The number of nitrogens with one attached hydrogen (secondary N) is 1. The largest absolute Gasteiger partial charge is 0.477 e. The number of ketones is 1. The van der Waals surface area contributed by atoms with E-state index in [0.717, 1.165) is 18.2 Å². The second kappa shape index (κ2) is 7.07. The Morgan fingerprint density at radius 1 is 1.20 bits per heavy atom. The molecule has 1 aromatic carbocycles. The summed E-state index contributed by atoms with van der Waals surface area (Å²) in [6.45, 7) is 3.35. The lowest BCUT2D eigenvalue weighted by Crippen LogP contribution is -2.07. The SMILES string of the molecule is C=C=C(C(=O)/C=C/c1ccccc1C(F)(F)F)c1cc[nH]c1C(=O)O. The van der Waals surface area contributed by atoms with E-state index < -0.39 is 23.5 Å². The monoisotopic (exact) mass is 347 g/mol. The summed E-state index contributed by atoms with van der Waals surface area (Å²) in [6.07, 6.45) is -1.28. The smallest absolute Gasteiger partial charge is 0.416 e. The van der Waals surface area contributed by atoms with Crippen LogP contribution in [-0.4, -0.2) is 21.8 Å². The molecule has 0 radical (unpaired) electrons. The van der Waals surface area contributed by atoms with Crippen LogP contribution in [0.3, 0.4) is 0 Å². The van der Waals surface area contributed by atoms with E-state index in [9.17, 15) is 22.8 Å². The maximum atomic E-state index is 12.9. The molecular formula is C18H12F3NO3. The Morgan fingerprint density at radius 2 is 1.88 bits per heavy atom. The minimum Gasteiger partial charge on any atom is -0.477 e. The summed E-state index contributed by atoms with van der Waals surface area (Å²) in [5.74, 6) is -2.00. The molecule has 0 unspecified atom stereocenters. The lowest BCUT2D eigenvalue weighted by molar-refractivity contribution is -0.137. The Bertz CT molecular complexity index is 900. The standard InChI is InChI=1S/C18H12F3NO3/c1-2-12(13-9-10-22-16(13)17(24)25)15(23)8-7-11-5-3-4-6-14(11)18(19,20)21/h3-10,22H,1H2,(H,24,25)/b8-7+. The van der Waals surface area contributed by atoms with Crippen LogP contribution >= 0.6 is 0 Å². The number of rotatable bonds is 5. The van der Waals surface area contributed by atoms with Crippen LogP contribution in [0.15, 0.2) is 54.9 Å². The fourth-order valence-electron chi connectivity index (χ4n) is 2.22. The second-order valence-corrected chi connectivity index (χ2v) is 4.91. The predicted molar refractivity (Wildman–Crippen MR) is 85.8 cm³/mol. The van der Waals surface area contributed by atoms with Crippen LogP contribution in [0.25, 0.3) is 11.6 Å². The van der Waals surface area contributed by atoms with E-state index in [-0.39, 0.29) is 22.4 Å². The van der Waals surface area contributed by atoms with E-state index in [2.05, 4.69) is 17.3 Å². The number of aromatic carboxylic acids is 1. The topological polar surface area (TPSA) is 70.2 Å². The number of aromatic amines is 1. The Morgan fingerprint density at radius 3 is 2.48 bits per heavy atom. The molecule has 2 rings (SSSR count). The van der Waals surface area contributed by atoms with E-state index in [1.165, 1.54) is 30.5 Å². The van der Waals surface area contributed by atoms with Crippen molar-refractivity contribution in [2.45, 2.75) is 6.18 Å². The summed E-state index contributed by atoms with van der Waals surface area (Å²) in [5, 5.41) is 9.07. The van der Waals surface area contributed by atoms with Crippen LogP contribution < -0.4 is 0 Å². The van der Waals surface area contributed by atoms with Crippen molar-refractivity contribution in [1.29, 1.82) is 0 Å². The molecule has 0 saturated heterocycles. The summed E-state index contributed by atoms with van der Waals surface area (Å²) < 4.78 is 38.8. The van der Waals surface area contributed by atoms with E-state index in [1.807, 2.05) is 0 Å². The molecule has 0 saturated carbocycles. The molecule has 7 heteroatoms. The zero-order valence-electron chi connectivity index (χ0n) is 12.7. The third-order valence-corrected chi connectivity index (χ3v) is 3.33. The predicted octanol–water partition coefficient (Wildman–Crippen LogP) is 4.18. The number of carboxylic acid groups (broad SMARTS) is 1. The highest BCUT2D eigenvalue weighted by molar-refractivity contribution is 6.28. The molecule has 0 aliphatic rings. The highest BCUT2D eigenvalue weighted by atomic mass is 19.4. The normalized spacial score (nSPS) is 11.3. The van der Waals surface area contributed by atoms with Crippen LogP contribution in [-0.2, 0) is 11.0 Å². The fourth-order valence-corrected chi connectivity index (χ4v) is 2.22. The van der Waals surface area contributed by atoms with Gasteiger partial charge in [-0.1, -0.05) is 30.9 Å². The first-order chi connectivity index (χ1) is 11.8. The molecule has 0 aliphatic heterocycles. The van der Waals surface area contributed by atoms with Gasteiger partial charge in [0.25, 0.3) is 0 Å². The Balaban J connectivity index is 2.36. The van der Waals surface area contributed by atoms with Gasteiger partial charge in [0, 0.05) is 11.8 Å². The van der Waals surface area contributed by atoms with Crippen molar-refractivity contribution in [2.24, 2.45) is 0 Å². The first-order valence-corrected chi connectivity index (χ1v) is 6.95. The molecule has 0 fully saturated rings. The number of hydrogen-bond acceptors (Lipinski definition) is 2. The number of carbonyl (C=O) groups excluding carboxylic acids is 1. The first-order valence-electron chi connectivity index (χ1n) is 6.95. The third-order valence-electron chi connectivity index (χ3n) is 3.33. The molecule has 0 amide bonds. The van der Waals surface area contributed by atoms with Crippen molar-refractivity contribution < 1.29 is 27.9 Å². The minimum atomic E-state index is -4.56. The number of carbonyl (C=O) groups is 2. The van der Waals surface area contributed by atoms with Gasteiger partial charge >= 0.3 is 12.1 Å². The molecule has 0 atom stereocenters. The summed E-state index contributed by atoms with van der Waals surface area (Å²) in [7, 11) is 0. The summed E-state index contributed by atoms with van der Waals surface area (Å²) in [5.41, 5.74) is 0.952. The Hall–Kier alpha value is -3.31. The number of carboxylic acids is 1. The van der Waals surface area contributed by atoms with Gasteiger partial charge in [0.1, 0.15) is 5.69 Å². The molecule has 1 heterocycles. The Labute approximate surface area is 140 Å². The van der Waals surface area contributed by atoms with Gasteiger partial charge in [-0.2, -0.15) is 13.2 Å². The van der Waals surface area contributed by atoms with Crippen LogP contribution in [0.1, 0.15) is 27.2 Å². The maximum absolute atomic E-state index is 12.9. The fraction of sp³-hybridized carbons (Fsp3) is 0.0556. The lowest BCUT2D eigenvalue weighted by atomic mass is 10.0. The van der Waals surface area contributed by atoms with Crippen molar-refractivity contribution in [1.82, 2.24) is 4.98 Å². The molecule has 25 heavy (non-hydrogen) atoms. The number of H-pyrrole nitrogens is 1. The number of alkyl halides is 3. The van der Waals surface area contributed by atoms with E-state index in [4.69, 9.17) is 5.11 Å². The zero-order chi connectivity index (χ0) is 18.6. The molecule has 1 aromatic heterocycles. The van der Waals surface area contributed by atoms with Crippen LogP contribution in [0.2, 0.25) is 0 Å². The van der Waals surface area contributed by atoms with Crippen LogP contribution in [0.4, 0.5) is 13.2 Å². The second-order valence-electron chi connectivity index (χ2n) is 4.91. The molecule has 128 valence electrons. The van der Waals surface area contributed by atoms with Crippen molar-refractivity contribution in [2.75, 3.05) is 0 Å². The summed E-state index contributed by atoms with van der Waals surface area (Å²) in [6, 6.07) is 6.15. The van der Waals surface area contributed by atoms with Gasteiger partial charge in [0.15, 0.2) is 5.78 Å². The maximum Gasteiger partial charge on any atom is 0.416 e. The molecule has 0 aliphatic carbocycles. The van der Waals surface area contributed by atoms with Gasteiger partial charge < -0.3 is 10.1 Å². The van der Waals surface area contributed by atoms with Gasteiger partial charge in [-0.3, -0.25) is 4.79 Å². The van der Waals surface area contributed by atoms with Gasteiger partial charge in [-0.05, 0) is 23.8 Å². The van der Waals surface area contributed by atoms with Crippen molar-refractivity contribution in [3.8, 4) is 0 Å². The van der Waals surface area contributed by atoms with E-state index in [0.29, 0.717) is 0 Å². The average Bonchev–Trinajstić information content (AvgIpc) is 3.02. The van der Waals surface area contributed by atoms with E-state index >= 15 is 0 Å². The van der Waals surface area contributed by atoms with Gasteiger partial charge in [0.2, 0.25) is 0 Å². The number of halogens is 3. The first kappa shape index (κ1) is 18.0. The van der Waals surface area contributed by atoms with Crippen molar-refractivity contribution >= 4 is 23.4 Å². The molecule has 2 N–H and O–H groups in total. The van der Waals surface area contributed by atoms with Gasteiger partial charge in [-0.25, -0.2) is 4.79 Å². The lowest BCUT2D eigenvalue weighted by Gasteiger charge is -2.09. The van der Waals surface area contributed by atoms with Crippen LogP contribution in [0.5, 0.6) is 0 Å². The highest BCUT2D eigenvalue weighted by Crippen LogP contribution is 2.32. The molecule has 0 bridgehead atoms. The quantitative estimate of drug-likeness (QED) is 0.630. The zero-order valence-corrected chi connectivity index (χ0v) is 12.7. The molecule has 4 nitrogen and oxygen atoms in total. The average molecular weight is 347 g/mol. The molecular weight excluding hydrogens is 335 g/mol. The Kier molecular flexibility index (Phi) is 5.10. The van der Waals surface area contributed by atoms with Gasteiger partial charge in [-0.15, -0.1) is 5.73 Å². The molecule has 0 spiro atoms. The van der Waals surface area contributed by atoms with E-state index in [1.54, 1.807) is 0 Å². The third kappa shape index (κ3) is 3.97. The van der Waals surface area contributed by atoms with Gasteiger partial charge in [0.05, 0.1) is 11.1 Å².